The summed E-state index contributed by atoms with van der Waals surface area (Å²) in [5, 5.41) is 2.69. The van der Waals surface area contributed by atoms with E-state index in [4.69, 9.17) is 32.9 Å². The lowest BCUT2D eigenvalue weighted by Gasteiger charge is -2.41. The van der Waals surface area contributed by atoms with Crippen molar-refractivity contribution in [3.05, 3.63) is 76.8 Å². The first-order chi connectivity index (χ1) is 21.2. The largest absolute Gasteiger partial charge is 0.462 e. The Kier molecular flexibility index (Phi) is 8.31. The minimum atomic E-state index is -2.76. The number of ether oxygens (including phenoxy) is 1. The van der Waals surface area contributed by atoms with Crippen LogP contribution in [0.3, 0.4) is 0 Å². The Bertz CT molecular complexity index is 1620. The van der Waals surface area contributed by atoms with Crippen molar-refractivity contribution in [2.75, 3.05) is 62.7 Å². The van der Waals surface area contributed by atoms with Gasteiger partial charge in [-0.1, -0.05) is 42.4 Å². The van der Waals surface area contributed by atoms with Crippen molar-refractivity contribution >= 4 is 39.8 Å². The van der Waals surface area contributed by atoms with Gasteiger partial charge in [0.25, 0.3) is 5.92 Å². The van der Waals surface area contributed by atoms with E-state index in [0.29, 0.717) is 50.0 Å². The fraction of sp³-hybridized carbons (Fsp3) is 0.438. The van der Waals surface area contributed by atoms with Crippen molar-refractivity contribution < 1.29 is 18.3 Å². The molecule has 6 rings (SSSR count). The van der Waals surface area contributed by atoms with Crippen LogP contribution < -0.4 is 14.5 Å². The van der Waals surface area contributed by atoms with Crippen molar-refractivity contribution in [1.29, 1.82) is 0 Å². The molecule has 1 aromatic heterocycles. The Hall–Kier alpha value is -4.01. The lowest BCUT2D eigenvalue weighted by atomic mass is 10.0. The van der Waals surface area contributed by atoms with Crippen molar-refractivity contribution in [2.24, 2.45) is 0 Å². The molecule has 0 spiro atoms. The van der Waals surface area contributed by atoms with E-state index >= 15 is 0 Å². The maximum Gasteiger partial charge on any atom is 0.318 e. The van der Waals surface area contributed by atoms with Gasteiger partial charge in [-0.25, -0.2) is 15.4 Å². The molecule has 9 nitrogen and oxygen atoms in total. The third-order valence-electron chi connectivity index (χ3n) is 8.78. The number of likely N-dealkylation sites (N-methyl/N-ethyl adjacent to an activating group) is 1. The summed E-state index contributed by atoms with van der Waals surface area (Å²) in [6, 6.07) is 11.3. The van der Waals surface area contributed by atoms with Gasteiger partial charge in [-0.05, 0) is 37.1 Å². The van der Waals surface area contributed by atoms with Crippen molar-refractivity contribution in [3.8, 4) is 6.01 Å². The number of carbonyl (C=O) groups excluding carboxylic acids is 1. The second-order valence-corrected chi connectivity index (χ2v) is 12.1. The number of rotatable bonds is 7. The molecular weight excluding hydrogens is 588 g/mol. The lowest BCUT2D eigenvalue weighted by molar-refractivity contribution is -0.128. The molecule has 2 atom stereocenters. The number of piperazine rings is 1. The van der Waals surface area contributed by atoms with Gasteiger partial charge in [0.15, 0.2) is 0 Å². The third kappa shape index (κ3) is 5.88. The highest BCUT2D eigenvalue weighted by atomic mass is 35.5. The monoisotopic (exact) mass is 621 g/mol. The average Bonchev–Trinajstić information content (AvgIpc) is 3.29. The standard InChI is InChI=1S/C32H34ClF2N7O2/c1-4-28(43)42-14-13-41(17-23(42)16-36-2)30-24-11-12-40(27-10-6-8-21-7-5-9-25(33)29(21)27)18-26(24)37-31(38-30)44-19-22-15-32(34,35)20-39(22)3/h4-10,22-23H,1,11-20H2,3H3/t22-,23-/m0/s1. The molecule has 12 heteroatoms. The number of alkyl halides is 2. The number of halogens is 3. The molecule has 2 saturated heterocycles. The number of fused-ring (bicyclic) bond motifs is 2. The zero-order valence-corrected chi connectivity index (χ0v) is 25.3. The highest BCUT2D eigenvalue weighted by Gasteiger charge is 2.43. The van der Waals surface area contributed by atoms with E-state index in [9.17, 15) is 13.6 Å². The molecule has 0 N–H and O–H groups in total. The molecule has 2 fully saturated rings. The smallest absolute Gasteiger partial charge is 0.318 e. The van der Waals surface area contributed by atoms with Crippen LogP contribution in [0.1, 0.15) is 17.7 Å². The number of nitrogens with zero attached hydrogens (tertiary/aromatic N) is 7. The summed E-state index contributed by atoms with van der Waals surface area (Å²) in [7, 11) is 1.67. The molecule has 2 aromatic carbocycles. The third-order valence-corrected chi connectivity index (χ3v) is 9.10. The minimum absolute atomic E-state index is 0.0366. The number of aromatic nitrogens is 2. The van der Waals surface area contributed by atoms with E-state index in [1.807, 2.05) is 30.3 Å². The number of amides is 1. The molecule has 0 saturated carbocycles. The van der Waals surface area contributed by atoms with Crippen molar-refractivity contribution in [1.82, 2.24) is 19.8 Å². The molecule has 3 aliphatic heterocycles. The summed E-state index contributed by atoms with van der Waals surface area (Å²) in [6.45, 7) is 13.5. The van der Waals surface area contributed by atoms with Gasteiger partial charge in [0.05, 0.1) is 23.8 Å². The van der Waals surface area contributed by atoms with Gasteiger partial charge in [-0.3, -0.25) is 9.69 Å². The average molecular weight is 622 g/mol. The Morgan fingerprint density at radius 2 is 1.98 bits per heavy atom. The fourth-order valence-electron chi connectivity index (χ4n) is 6.59. The molecule has 3 aliphatic rings. The molecular formula is C32H34ClF2N7O2. The van der Waals surface area contributed by atoms with Crippen LogP contribution in [-0.4, -0.2) is 96.6 Å². The highest BCUT2D eigenvalue weighted by molar-refractivity contribution is 6.36. The van der Waals surface area contributed by atoms with Gasteiger partial charge in [0.1, 0.15) is 18.5 Å². The first-order valence-electron chi connectivity index (χ1n) is 14.7. The Balaban J connectivity index is 1.34. The van der Waals surface area contributed by atoms with Crippen LogP contribution in [0.25, 0.3) is 15.6 Å². The number of anilines is 2. The Labute approximate surface area is 260 Å². The normalized spacial score (nSPS) is 21.7. The summed E-state index contributed by atoms with van der Waals surface area (Å²) < 4.78 is 34.2. The first kappa shape index (κ1) is 30.0. The predicted molar refractivity (Wildman–Crippen MR) is 167 cm³/mol. The van der Waals surface area contributed by atoms with Gasteiger partial charge < -0.3 is 24.3 Å². The Morgan fingerprint density at radius 1 is 1.18 bits per heavy atom. The summed E-state index contributed by atoms with van der Waals surface area (Å²) >= 11 is 6.66. The molecule has 0 radical (unpaired) electrons. The summed E-state index contributed by atoms with van der Waals surface area (Å²) in [5.41, 5.74) is 2.77. The molecule has 44 heavy (non-hydrogen) atoms. The van der Waals surface area contributed by atoms with Crippen LogP contribution in [0.15, 0.2) is 49.1 Å². The zero-order chi connectivity index (χ0) is 31.0. The topological polar surface area (TPSA) is 69.4 Å². The van der Waals surface area contributed by atoms with Crippen LogP contribution in [0.5, 0.6) is 6.01 Å². The van der Waals surface area contributed by atoms with Gasteiger partial charge in [-0.2, -0.15) is 9.97 Å². The number of benzene rings is 2. The SMILES string of the molecule is [C-]#[N+]C[C@H]1CN(c2nc(OC[C@@H]3CC(F)(F)CN3C)nc3c2CCN(c2cccc4cccc(Cl)c24)C3)CCN1C(=O)C=C. The molecule has 230 valence electrons. The van der Waals surface area contributed by atoms with Gasteiger partial charge in [-0.15, -0.1) is 0 Å². The molecule has 0 bridgehead atoms. The van der Waals surface area contributed by atoms with Gasteiger partial charge in [0, 0.05) is 55.3 Å². The van der Waals surface area contributed by atoms with Crippen LogP contribution in [0, 0.1) is 6.57 Å². The molecule has 3 aromatic rings. The van der Waals surface area contributed by atoms with Crippen LogP contribution in [0.4, 0.5) is 20.3 Å². The van der Waals surface area contributed by atoms with Crippen LogP contribution >= 0.6 is 11.6 Å². The predicted octanol–water partition coefficient (Wildman–Crippen LogP) is 4.69. The van der Waals surface area contributed by atoms with Crippen LogP contribution in [0.2, 0.25) is 5.02 Å². The first-order valence-corrected chi connectivity index (χ1v) is 15.1. The van der Waals surface area contributed by atoms with Gasteiger partial charge in [0.2, 0.25) is 12.5 Å². The summed E-state index contributed by atoms with van der Waals surface area (Å²) in [5.74, 6) is -2.26. The molecule has 0 unspecified atom stereocenters. The molecule has 0 aliphatic carbocycles. The maximum atomic E-state index is 14.1. The number of likely N-dealkylation sites (tertiary alicyclic amines) is 1. The number of hydrogen-bond donors (Lipinski definition) is 0. The maximum absolute atomic E-state index is 14.1. The van der Waals surface area contributed by atoms with E-state index in [0.717, 1.165) is 27.7 Å². The molecule has 4 heterocycles. The van der Waals surface area contributed by atoms with E-state index in [1.165, 1.54) is 6.08 Å². The second kappa shape index (κ2) is 12.2. The minimum Gasteiger partial charge on any atom is -0.462 e. The zero-order valence-electron chi connectivity index (χ0n) is 24.6. The van der Waals surface area contributed by atoms with E-state index in [-0.39, 0.29) is 44.1 Å². The molecule has 1 amide bonds. The van der Waals surface area contributed by atoms with E-state index in [2.05, 4.69) is 27.3 Å². The summed E-state index contributed by atoms with van der Waals surface area (Å²) in [4.78, 5) is 33.4. The van der Waals surface area contributed by atoms with E-state index in [1.54, 1.807) is 16.8 Å². The highest BCUT2D eigenvalue weighted by Crippen LogP contribution is 2.37. The van der Waals surface area contributed by atoms with Gasteiger partial charge >= 0.3 is 6.01 Å². The number of hydrogen-bond acceptors (Lipinski definition) is 7. The lowest BCUT2D eigenvalue weighted by Crippen LogP contribution is -2.56. The Morgan fingerprint density at radius 3 is 2.70 bits per heavy atom. The van der Waals surface area contributed by atoms with E-state index < -0.39 is 12.0 Å². The van der Waals surface area contributed by atoms with Crippen molar-refractivity contribution in [2.45, 2.75) is 37.4 Å². The fourth-order valence-corrected chi connectivity index (χ4v) is 6.87. The summed E-state index contributed by atoms with van der Waals surface area (Å²) in [6.07, 6.45) is 1.65. The second-order valence-electron chi connectivity index (χ2n) is 11.7. The number of carbonyl (C=O) groups is 1. The van der Waals surface area contributed by atoms with Crippen LogP contribution in [-0.2, 0) is 17.8 Å². The van der Waals surface area contributed by atoms with Crippen molar-refractivity contribution in [3.63, 3.8) is 0 Å². The quantitative estimate of drug-likeness (QED) is 0.280.